The number of nitrogens with one attached hydrogen (secondary N) is 2. The zero-order valence-electron chi connectivity index (χ0n) is 26.5. The number of anilines is 2. The van der Waals surface area contributed by atoms with Crippen LogP contribution in [-0.2, 0) is 21.8 Å². The summed E-state index contributed by atoms with van der Waals surface area (Å²) in [4.78, 5) is 0. The monoisotopic (exact) mass is 716 g/mol. The fourth-order valence-corrected chi connectivity index (χ4v) is 9.01. The highest BCUT2D eigenvalue weighted by Gasteiger charge is 2.46. The topological polar surface area (TPSA) is 83.0 Å². The standard InChI is InChI=1S/C37H34F6N2O4S/c38-36(39,40)21-1-6-29-27(14-21)34-25(4-3-24(16-46)48-34)33(45-29)20-11-19(12-23(47)13-20)31-8-5-26-32(18-9-10-50-17-18)44-30-7-2-22(37(41,42)43)15-28(30)35(26)49-31/h1-2,6-7,9-15,17,24-26,31-35,44-47H,3-5,8,16H2/t24?,25-,26-,31?,32-,33-,34-,35-/m0/s1. The van der Waals surface area contributed by atoms with Crippen molar-refractivity contribution in [2.75, 3.05) is 17.2 Å². The second-order valence-electron chi connectivity index (χ2n) is 13.6. The first-order valence-electron chi connectivity index (χ1n) is 16.6. The molecule has 4 N–H and O–H groups in total. The number of alkyl halides is 6. The second-order valence-corrected chi connectivity index (χ2v) is 14.4. The fraction of sp³-hybridized carbons (Fsp3) is 0.405. The van der Waals surface area contributed by atoms with E-state index in [1.807, 2.05) is 22.9 Å². The lowest BCUT2D eigenvalue weighted by molar-refractivity contribution is -0.139. The van der Waals surface area contributed by atoms with Crippen molar-refractivity contribution in [1.82, 2.24) is 0 Å². The zero-order valence-corrected chi connectivity index (χ0v) is 27.3. The molecule has 4 aliphatic rings. The molecule has 0 saturated carbocycles. The molecule has 50 heavy (non-hydrogen) atoms. The summed E-state index contributed by atoms with van der Waals surface area (Å²) in [5.74, 6) is -0.499. The highest BCUT2D eigenvalue weighted by molar-refractivity contribution is 7.08. The van der Waals surface area contributed by atoms with E-state index in [-0.39, 0.29) is 30.2 Å². The van der Waals surface area contributed by atoms with Crippen molar-refractivity contribution in [3.8, 4) is 5.75 Å². The zero-order chi connectivity index (χ0) is 34.9. The van der Waals surface area contributed by atoms with Crippen molar-refractivity contribution in [2.45, 2.75) is 74.5 Å². The molecular weight excluding hydrogens is 682 g/mol. The predicted molar refractivity (Wildman–Crippen MR) is 175 cm³/mol. The highest BCUT2D eigenvalue weighted by atomic mass is 32.1. The van der Waals surface area contributed by atoms with E-state index in [2.05, 4.69) is 10.6 Å². The van der Waals surface area contributed by atoms with Gasteiger partial charge in [-0.1, -0.05) is 6.07 Å². The molecule has 264 valence electrons. The summed E-state index contributed by atoms with van der Waals surface area (Å²) in [5, 5.41) is 31.8. The van der Waals surface area contributed by atoms with Gasteiger partial charge >= 0.3 is 12.4 Å². The molecule has 2 fully saturated rings. The van der Waals surface area contributed by atoms with Crippen molar-refractivity contribution >= 4 is 22.7 Å². The average Bonchev–Trinajstić information content (AvgIpc) is 3.64. The number of halogens is 6. The van der Waals surface area contributed by atoms with E-state index in [0.717, 1.165) is 29.8 Å². The first-order chi connectivity index (χ1) is 23.9. The molecule has 2 saturated heterocycles. The Kier molecular flexibility index (Phi) is 8.32. The molecule has 0 aliphatic carbocycles. The summed E-state index contributed by atoms with van der Waals surface area (Å²) in [6, 6.07) is 13.7. The molecular formula is C37H34F6N2O4S. The van der Waals surface area contributed by atoms with Gasteiger partial charge in [0.2, 0.25) is 0 Å². The number of ether oxygens (including phenoxy) is 2. The molecule has 0 bridgehead atoms. The summed E-state index contributed by atoms with van der Waals surface area (Å²) in [6.07, 6.45) is -9.29. The summed E-state index contributed by atoms with van der Waals surface area (Å²) in [5.41, 5.74) is 2.67. The maximum absolute atomic E-state index is 13.8. The number of fused-ring (bicyclic) bond motifs is 6. The molecule has 13 heteroatoms. The fourth-order valence-electron chi connectivity index (χ4n) is 8.32. The van der Waals surface area contributed by atoms with Gasteiger partial charge in [-0.3, -0.25) is 0 Å². The molecule has 2 unspecified atom stereocenters. The number of phenolic OH excluding ortho intramolecular Hbond substituents is 1. The number of phenols is 1. The number of hydrogen-bond donors (Lipinski definition) is 4. The Bertz CT molecular complexity index is 1880. The van der Waals surface area contributed by atoms with Gasteiger partial charge in [0.05, 0.1) is 54.2 Å². The van der Waals surface area contributed by atoms with E-state index >= 15 is 0 Å². The van der Waals surface area contributed by atoms with E-state index < -0.39 is 53.9 Å². The third kappa shape index (κ3) is 6.01. The summed E-state index contributed by atoms with van der Waals surface area (Å²) in [7, 11) is 0. The Balaban J connectivity index is 1.14. The summed E-state index contributed by atoms with van der Waals surface area (Å²) >= 11 is 1.55. The molecule has 0 spiro atoms. The van der Waals surface area contributed by atoms with Crippen LogP contribution in [0.5, 0.6) is 5.75 Å². The molecule has 0 amide bonds. The Morgan fingerprint density at radius 3 is 1.84 bits per heavy atom. The van der Waals surface area contributed by atoms with Gasteiger partial charge in [0.15, 0.2) is 0 Å². The quantitative estimate of drug-likeness (QED) is 0.158. The second kappa shape index (κ2) is 12.5. The number of rotatable bonds is 4. The molecule has 6 nitrogen and oxygen atoms in total. The van der Waals surface area contributed by atoms with Crippen LogP contribution < -0.4 is 10.6 Å². The smallest absolute Gasteiger partial charge is 0.416 e. The van der Waals surface area contributed by atoms with Gasteiger partial charge in [0, 0.05) is 34.3 Å². The number of hydrogen-bond acceptors (Lipinski definition) is 7. The average molecular weight is 717 g/mol. The number of aromatic hydroxyl groups is 1. The molecule has 5 heterocycles. The number of aliphatic hydroxyl groups is 1. The van der Waals surface area contributed by atoms with Crippen LogP contribution in [0.3, 0.4) is 0 Å². The SMILES string of the molecule is OCC1CC[C@@H]2[C@H](O1)c1cc(C(F)(F)F)ccc1N[C@H]2c1cc(O)cc(C2CC[C@@H]3[C@H](O2)c2cc(C(F)(F)F)ccc2N[C@H]3c2ccsc2)c1. The van der Waals surface area contributed by atoms with Crippen LogP contribution in [0.25, 0.3) is 0 Å². The van der Waals surface area contributed by atoms with Crippen molar-refractivity contribution in [3.63, 3.8) is 0 Å². The van der Waals surface area contributed by atoms with E-state index in [1.54, 1.807) is 23.5 Å². The Morgan fingerprint density at radius 1 is 0.680 bits per heavy atom. The van der Waals surface area contributed by atoms with Gasteiger partial charge in [-0.2, -0.15) is 37.7 Å². The van der Waals surface area contributed by atoms with Crippen molar-refractivity contribution in [1.29, 1.82) is 0 Å². The third-order valence-corrected chi connectivity index (χ3v) is 11.4. The lowest BCUT2D eigenvalue weighted by atomic mass is 9.75. The van der Waals surface area contributed by atoms with Gasteiger partial charge in [0.25, 0.3) is 0 Å². The van der Waals surface area contributed by atoms with E-state index in [1.165, 1.54) is 12.1 Å². The molecule has 1 aromatic heterocycles. The van der Waals surface area contributed by atoms with Crippen LogP contribution in [0.4, 0.5) is 37.7 Å². The first-order valence-corrected chi connectivity index (χ1v) is 17.5. The Labute approximate surface area is 288 Å². The predicted octanol–water partition coefficient (Wildman–Crippen LogP) is 9.86. The highest BCUT2D eigenvalue weighted by Crippen LogP contribution is 2.55. The molecule has 8 rings (SSSR count). The van der Waals surface area contributed by atoms with Gasteiger partial charge in [-0.05, 0) is 108 Å². The molecule has 0 radical (unpaired) electrons. The van der Waals surface area contributed by atoms with Gasteiger partial charge in [-0.25, -0.2) is 0 Å². The minimum Gasteiger partial charge on any atom is -0.508 e. The van der Waals surface area contributed by atoms with Crippen LogP contribution in [0.2, 0.25) is 0 Å². The lowest BCUT2D eigenvalue weighted by Gasteiger charge is -2.46. The molecule has 8 atom stereocenters. The van der Waals surface area contributed by atoms with Gasteiger partial charge < -0.3 is 30.3 Å². The van der Waals surface area contributed by atoms with Crippen molar-refractivity contribution in [3.05, 3.63) is 110 Å². The van der Waals surface area contributed by atoms with Crippen LogP contribution in [0.1, 0.15) is 95.0 Å². The Hall–Kier alpha value is -3.78. The minimum atomic E-state index is -4.54. The largest absolute Gasteiger partial charge is 0.508 e. The van der Waals surface area contributed by atoms with Gasteiger partial charge in [0.1, 0.15) is 5.75 Å². The van der Waals surface area contributed by atoms with E-state index in [0.29, 0.717) is 59.3 Å². The minimum absolute atomic E-state index is 0.0361. The van der Waals surface area contributed by atoms with Crippen LogP contribution in [-0.4, -0.2) is 22.9 Å². The number of benzene rings is 3. The molecule has 3 aromatic carbocycles. The maximum atomic E-state index is 13.8. The van der Waals surface area contributed by atoms with Crippen LogP contribution >= 0.6 is 11.3 Å². The Morgan fingerprint density at radius 2 is 1.26 bits per heavy atom. The summed E-state index contributed by atoms with van der Waals surface area (Å²) < 4.78 is 95.6. The van der Waals surface area contributed by atoms with E-state index in [9.17, 15) is 36.6 Å². The van der Waals surface area contributed by atoms with Crippen LogP contribution in [0, 0.1) is 11.8 Å². The van der Waals surface area contributed by atoms with Gasteiger partial charge in [-0.15, -0.1) is 0 Å². The molecule has 4 aliphatic heterocycles. The number of aliphatic hydroxyl groups excluding tert-OH is 1. The normalized spacial score (nSPS) is 29.1. The third-order valence-electron chi connectivity index (χ3n) is 10.7. The van der Waals surface area contributed by atoms with Crippen LogP contribution in [0.15, 0.2) is 71.4 Å². The van der Waals surface area contributed by atoms with E-state index in [4.69, 9.17) is 9.47 Å². The first kappa shape index (κ1) is 33.4. The summed E-state index contributed by atoms with van der Waals surface area (Å²) in [6.45, 7) is -0.260. The lowest BCUT2D eigenvalue weighted by Crippen LogP contribution is -2.40. The van der Waals surface area contributed by atoms with Crippen molar-refractivity contribution in [2.24, 2.45) is 11.8 Å². The number of thiophene rings is 1. The van der Waals surface area contributed by atoms with Crippen molar-refractivity contribution < 1.29 is 46.0 Å². The molecule has 4 aromatic rings. The maximum Gasteiger partial charge on any atom is 0.416 e.